The van der Waals surface area contributed by atoms with Gasteiger partial charge in [-0.1, -0.05) is 17.2 Å². The molecule has 1 aromatic carbocycles. The summed E-state index contributed by atoms with van der Waals surface area (Å²) in [5, 5.41) is 25.4. The molecule has 0 bridgehead atoms. The summed E-state index contributed by atoms with van der Waals surface area (Å²) >= 11 is 0. The summed E-state index contributed by atoms with van der Waals surface area (Å²) in [6.07, 6.45) is 1.34. The van der Waals surface area contributed by atoms with Gasteiger partial charge in [-0.3, -0.25) is 10.1 Å². The zero-order chi connectivity index (χ0) is 16.4. The third kappa shape index (κ3) is 2.60. The third-order valence-electron chi connectivity index (χ3n) is 3.91. The number of aromatic nitrogens is 4. The lowest BCUT2D eigenvalue weighted by atomic mass is 10.0. The summed E-state index contributed by atoms with van der Waals surface area (Å²) in [6, 6.07) is 7.04. The Hall–Kier alpha value is -2.97. The molecule has 0 unspecified atom stereocenters. The Morgan fingerprint density at radius 1 is 1.30 bits per heavy atom. The fraction of sp³-hybridized carbons (Fsp3) is 0.357. The molecule has 2 heterocycles. The van der Waals surface area contributed by atoms with Crippen molar-refractivity contribution < 1.29 is 4.92 Å². The fourth-order valence-corrected chi connectivity index (χ4v) is 2.73. The van der Waals surface area contributed by atoms with Crippen LogP contribution in [0.3, 0.4) is 0 Å². The van der Waals surface area contributed by atoms with Crippen molar-refractivity contribution in [2.24, 2.45) is 0 Å². The lowest BCUT2D eigenvalue weighted by Gasteiger charge is -2.23. The smallest absolute Gasteiger partial charge is 0.291 e. The first-order valence-electron chi connectivity index (χ1n) is 7.39. The molecule has 120 valence electrons. The number of nitrogens with zero attached hydrogens (tertiary/aromatic N) is 6. The molecule has 3 rings (SSSR count). The van der Waals surface area contributed by atoms with Crippen molar-refractivity contribution in [2.75, 3.05) is 23.3 Å². The standard InChI is InChI=1S/C14H17N7O2/c1-3-19(4-2)11-7-5-10(6-8-11)13-12(21(22)23)9-15-14-16-17-18-20(13)14/h5-9,13H,3-4H2,1-2H3,(H,15,16,18)/t13-/m0/s1. The molecule has 0 fully saturated rings. The first kappa shape index (κ1) is 14.9. The summed E-state index contributed by atoms with van der Waals surface area (Å²) in [5.74, 6) is 0.383. The van der Waals surface area contributed by atoms with E-state index in [9.17, 15) is 10.1 Å². The van der Waals surface area contributed by atoms with Gasteiger partial charge in [0.2, 0.25) is 5.95 Å². The van der Waals surface area contributed by atoms with E-state index in [1.807, 2.05) is 24.3 Å². The van der Waals surface area contributed by atoms with Crippen molar-refractivity contribution in [2.45, 2.75) is 19.9 Å². The first-order valence-corrected chi connectivity index (χ1v) is 7.39. The number of hydrogen-bond donors (Lipinski definition) is 1. The predicted molar refractivity (Wildman–Crippen MR) is 84.7 cm³/mol. The normalized spacial score (nSPS) is 16.3. The Morgan fingerprint density at radius 3 is 2.61 bits per heavy atom. The maximum Gasteiger partial charge on any atom is 0.291 e. The van der Waals surface area contributed by atoms with Gasteiger partial charge in [-0.25, -0.2) is 0 Å². The van der Waals surface area contributed by atoms with Crippen LogP contribution in [0.25, 0.3) is 0 Å². The molecule has 1 aliphatic rings. The number of rotatable bonds is 5. The van der Waals surface area contributed by atoms with Gasteiger partial charge in [-0.2, -0.15) is 4.68 Å². The van der Waals surface area contributed by atoms with Gasteiger partial charge in [0.1, 0.15) is 0 Å². The largest absolute Gasteiger partial charge is 0.372 e. The van der Waals surface area contributed by atoms with Crippen molar-refractivity contribution in [3.8, 4) is 0 Å². The Balaban J connectivity index is 1.99. The molecular formula is C14H17N7O2. The summed E-state index contributed by atoms with van der Waals surface area (Å²) in [5.41, 5.74) is 1.84. The molecule has 1 aliphatic heterocycles. The van der Waals surface area contributed by atoms with Crippen LogP contribution in [0.2, 0.25) is 0 Å². The number of allylic oxidation sites excluding steroid dienone is 1. The fourth-order valence-electron chi connectivity index (χ4n) is 2.73. The van der Waals surface area contributed by atoms with Crippen molar-refractivity contribution in [3.05, 3.63) is 51.8 Å². The van der Waals surface area contributed by atoms with Gasteiger partial charge in [-0.15, -0.1) is 0 Å². The number of tetrazole rings is 1. The van der Waals surface area contributed by atoms with Gasteiger partial charge in [0.05, 0.1) is 11.1 Å². The minimum Gasteiger partial charge on any atom is -0.372 e. The molecule has 1 atom stereocenters. The van der Waals surface area contributed by atoms with Gasteiger partial charge in [0.15, 0.2) is 6.04 Å². The SMILES string of the molecule is CCN(CC)c1ccc([C@H]2C([N+](=O)[O-])=CNc3nnnn32)cc1. The predicted octanol–water partition coefficient (Wildman–Crippen LogP) is 1.65. The van der Waals surface area contributed by atoms with E-state index in [4.69, 9.17) is 0 Å². The number of benzene rings is 1. The molecule has 23 heavy (non-hydrogen) atoms. The second kappa shape index (κ2) is 6.03. The van der Waals surface area contributed by atoms with E-state index in [-0.39, 0.29) is 5.70 Å². The third-order valence-corrected chi connectivity index (χ3v) is 3.91. The second-order valence-electron chi connectivity index (χ2n) is 5.08. The second-order valence-corrected chi connectivity index (χ2v) is 5.08. The number of anilines is 2. The van der Waals surface area contributed by atoms with Crippen LogP contribution in [0.15, 0.2) is 36.2 Å². The lowest BCUT2D eigenvalue weighted by Crippen LogP contribution is -2.26. The Morgan fingerprint density at radius 2 is 2.00 bits per heavy atom. The van der Waals surface area contributed by atoms with E-state index in [0.29, 0.717) is 5.95 Å². The Kier molecular flexibility index (Phi) is 3.92. The maximum atomic E-state index is 11.3. The highest BCUT2D eigenvalue weighted by Gasteiger charge is 2.35. The van der Waals surface area contributed by atoms with Crippen molar-refractivity contribution in [3.63, 3.8) is 0 Å². The molecule has 9 nitrogen and oxygen atoms in total. The zero-order valence-electron chi connectivity index (χ0n) is 12.9. The molecule has 9 heteroatoms. The molecule has 0 spiro atoms. The summed E-state index contributed by atoms with van der Waals surface area (Å²) < 4.78 is 1.42. The molecular weight excluding hydrogens is 298 g/mol. The van der Waals surface area contributed by atoms with Crippen LogP contribution < -0.4 is 10.2 Å². The number of nitro groups is 1. The van der Waals surface area contributed by atoms with Crippen LogP contribution in [-0.2, 0) is 0 Å². The topological polar surface area (TPSA) is 102 Å². The summed E-state index contributed by atoms with van der Waals surface area (Å²) in [4.78, 5) is 13.1. The van der Waals surface area contributed by atoms with E-state index in [0.717, 1.165) is 24.3 Å². The molecule has 0 aliphatic carbocycles. The highest BCUT2D eigenvalue weighted by molar-refractivity contribution is 5.49. The van der Waals surface area contributed by atoms with Crippen molar-refractivity contribution in [1.29, 1.82) is 0 Å². The average molecular weight is 315 g/mol. The lowest BCUT2D eigenvalue weighted by molar-refractivity contribution is -0.431. The monoisotopic (exact) mass is 315 g/mol. The molecule has 0 saturated heterocycles. The van der Waals surface area contributed by atoms with E-state index in [1.165, 1.54) is 10.9 Å². The van der Waals surface area contributed by atoms with Gasteiger partial charge in [-0.05, 0) is 42.0 Å². The van der Waals surface area contributed by atoms with E-state index < -0.39 is 11.0 Å². The van der Waals surface area contributed by atoms with Gasteiger partial charge < -0.3 is 10.2 Å². The van der Waals surface area contributed by atoms with Gasteiger partial charge in [0.25, 0.3) is 5.70 Å². The van der Waals surface area contributed by atoms with E-state index >= 15 is 0 Å². The van der Waals surface area contributed by atoms with Crippen LogP contribution in [0.4, 0.5) is 11.6 Å². The molecule has 0 radical (unpaired) electrons. The van der Waals surface area contributed by atoms with Gasteiger partial charge >= 0.3 is 0 Å². The number of fused-ring (bicyclic) bond motifs is 1. The quantitative estimate of drug-likeness (QED) is 0.661. The highest BCUT2D eigenvalue weighted by atomic mass is 16.6. The zero-order valence-corrected chi connectivity index (χ0v) is 12.9. The first-order chi connectivity index (χ1) is 11.2. The average Bonchev–Trinajstić information content (AvgIpc) is 3.04. The Labute approximate surface area is 132 Å². The van der Waals surface area contributed by atoms with Crippen LogP contribution in [0.5, 0.6) is 0 Å². The highest BCUT2D eigenvalue weighted by Crippen LogP contribution is 2.32. The van der Waals surface area contributed by atoms with Crippen LogP contribution in [0, 0.1) is 10.1 Å². The minimum absolute atomic E-state index is 0.000360. The van der Waals surface area contributed by atoms with E-state index in [2.05, 4.69) is 39.6 Å². The molecule has 0 amide bonds. The van der Waals surface area contributed by atoms with Gasteiger partial charge in [0, 0.05) is 18.8 Å². The summed E-state index contributed by atoms with van der Waals surface area (Å²) in [6.45, 7) is 5.98. The minimum atomic E-state index is -0.651. The summed E-state index contributed by atoms with van der Waals surface area (Å²) in [7, 11) is 0. The molecule has 1 N–H and O–H groups in total. The maximum absolute atomic E-state index is 11.3. The molecule has 0 saturated carbocycles. The Bertz CT molecular complexity index is 734. The van der Waals surface area contributed by atoms with Crippen LogP contribution in [0.1, 0.15) is 25.5 Å². The van der Waals surface area contributed by atoms with Crippen LogP contribution >= 0.6 is 0 Å². The molecule has 1 aromatic heterocycles. The van der Waals surface area contributed by atoms with Crippen LogP contribution in [-0.4, -0.2) is 38.2 Å². The number of nitrogens with one attached hydrogen (secondary N) is 1. The van der Waals surface area contributed by atoms with E-state index in [1.54, 1.807) is 0 Å². The van der Waals surface area contributed by atoms with Crippen molar-refractivity contribution >= 4 is 11.6 Å². The number of hydrogen-bond acceptors (Lipinski definition) is 7. The molecule has 2 aromatic rings. The van der Waals surface area contributed by atoms with Crippen molar-refractivity contribution in [1.82, 2.24) is 20.2 Å².